The maximum absolute atomic E-state index is 11.7. The van der Waals surface area contributed by atoms with Gasteiger partial charge in [0.25, 0.3) is 0 Å². The molecule has 0 amide bonds. The molecule has 0 aliphatic carbocycles. The van der Waals surface area contributed by atoms with E-state index in [0.29, 0.717) is 6.42 Å². The molecule has 0 aliphatic rings. The van der Waals surface area contributed by atoms with Crippen LogP contribution in [0.2, 0.25) is 0 Å². The maximum Gasteiger partial charge on any atom is 0.333 e. The first kappa shape index (κ1) is 22.8. The highest BCUT2D eigenvalue weighted by Crippen LogP contribution is 2.39. The Morgan fingerprint density at radius 2 is 1.67 bits per heavy atom. The number of unbranched alkanes of at least 4 members (excludes halogenated alkanes) is 5. The highest BCUT2D eigenvalue weighted by Gasteiger charge is 2.36. The number of ether oxygens (including phenoxy) is 1. The third-order valence-electron chi connectivity index (χ3n) is 3.65. The van der Waals surface area contributed by atoms with Gasteiger partial charge in [0.05, 0.1) is 6.16 Å². The Kier molecular flexibility index (Phi) is 10.8. The fraction of sp³-hybridized carbons (Fsp3) is 0.750. The maximum atomic E-state index is 11.7. The summed E-state index contributed by atoms with van der Waals surface area (Å²) in [6.07, 6.45) is 4.11. The molecule has 0 heterocycles. The Labute approximate surface area is 143 Å². The average molecular weight is 364 g/mol. The number of carboxylic acid groups (broad SMARTS) is 1. The minimum Gasteiger partial charge on any atom is -0.481 e. The molecule has 0 bridgehead atoms. The zero-order valence-electron chi connectivity index (χ0n) is 14.4. The Balaban J connectivity index is 4.87. The van der Waals surface area contributed by atoms with E-state index in [9.17, 15) is 19.3 Å². The molecule has 0 radical (unpaired) electrons. The molecule has 0 saturated heterocycles. The molecule has 0 aromatic carbocycles. The second kappa shape index (κ2) is 11.4. The first-order chi connectivity index (χ1) is 11.1. The number of aliphatic carboxylic acids is 1. The highest BCUT2D eigenvalue weighted by atomic mass is 31.2. The molecule has 2 unspecified atom stereocenters. The van der Waals surface area contributed by atoms with Crippen molar-refractivity contribution in [3.8, 4) is 0 Å². The van der Waals surface area contributed by atoms with E-state index in [1.165, 1.54) is 6.92 Å². The van der Waals surface area contributed by atoms with Gasteiger partial charge in [0.1, 0.15) is 12.0 Å². The van der Waals surface area contributed by atoms with Gasteiger partial charge in [0, 0.05) is 5.57 Å². The molecule has 2 atom stereocenters. The van der Waals surface area contributed by atoms with Crippen molar-refractivity contribution in [1.29, 1.82) is 0 Å². The average Bonchev–Trinajstić information content (AvgIpc) is 2.45. The summed E-state index contributed by atoms with van der Waals surface area (Å²) in [5.41, 5.74) is 0.114. The molecule has 0 aromatic heterocycles. The highest BCUT2D eigenvalue weighted by molar-refractivity contribution is 7.51. The van der Waals surface area contributed by atoms with Crippen molar-refractivity contribution in [1.82, 2.24) is 0 Å². The monoisotopic (exact) mass is 364 g/mol. The van der Waals surface area contributed by atoms with Crippen LogP contribution in [0.25, 0.3) is 0 Å². The molecule has 0 fully saturated rings. The lowest BCUT2D eigenvalue weighted by atomic mass is 9.98. The largest absolute Gasteiger partial charge is 0.481 e. The Morgan fingerprint density at radius 3 is 2.12 bits per heavy atom. The molecule has 0 saturated carbocycles. The molecule has 140 valence electrons. The summed E-state index contributed by atoms with van der Waals surface area (Å²) in [6.45, 7) is 6.98. The van der Waals surface area contributed by atoms with E-state index in [2.05, 4.69) is 13.5 Å². The van der Waals surface area contributed by atoms with Crippen LogP contribution in [0, 0.1) is 5.92 Å². The third-order valence-corrected chi connectivity index (χ3v) is 4.52. The summed E-state index contributed by atoms with van der Waals surface area (Å²) >= 11 is 0. The molecule has 8 heteroatoms. The van der Waals surface area contributed by atoms with Gasteiger partial charge in [-0.25, -0.2) is 4.79 Å². The van der Waals surface area contributed by atoms with Gasteiger partial charge in [0.2, 0.25) is 0 Å². The third kappa shape index (κ3) is 10.6. The van der Waals surface area contributed by atoms with Crippen LogP contribution in [0.4, 0.5) is 0 Å². The smallest absolute Gasteiger partial charge is 0.333 e. The van der Waals surface area contributed by atoms with Crippen molar-refractivity contribution < 1.29 is 33.8 Å². The normalized spacial score (nSPS) is 14.0. The van der Waals surface area contributed by atoms with Gasteiger partial charge >= 0.3 is 19.5 Å². The van der Waals surface area contributed by atoms with E-state index < -0.39 is 37.7 Å². The number of carbonyl (C=O) groups is 2. The number of hydrogen-bond donors (Lipinski definition) is 3. The van der Waals surface area contributed by atoms with Gasteiger partial charge in [-0.15, -0.1) is 0 Å². The lowest BCUT2D eigenvalue weighted by molar-refractivity contribution is -0.155. The fourth-order valence-corrected chi connectivity index (χ4v) is 3.22. The van der Waals surface area contributed by atoms with E-state index in [1.807, 2.05) is 0 Å². The molecular weight excluding hydrogens is 335 g/mol. The number of carbonyl (C=O) groups excluding carboxylic acids is 1. The van der Waals surface area contributed by atoms with Gasteiger partial charge in [-0.05, 0) is 19.8 Å². The van der Waals surface area contributed by atoms with Crippen LogP contribution in [0.1, 0.15) is 58.8 Å². The second-order valence-electron chi connectivity index (χ2n) is 6.07. The molecule has 0 aliphatic heterocycles. The summed E-state index contributed by atoms with van der Waals surface area (Å²) < 4.78 is 16.3. The number of esters is 1. The Hall–Kier alpha value is -1.17. The molecular formula is C16H29O7P. The van der Waals surface area contributed by atoms with E-state index in [-0.39, 0.29) is 12.0 Å². The van der Waals surface area contributed by atoms with Crippen molar-refractivity contribution in [3.63, 3.8) is 0 Å². The number of hydrogen-bond acceptors (Lipinski definition) is 4. The van der Waals surface area contributed by atoms with Crippen LogP contribution in [0.3, 0.4) is 0 Å². The van der Waals surface area contributed by atoms with Gasteiger partial charge < -0.3 is 19.6 Å². The quantitative estimate of drug-likeness (QED) is 0.199. The summed E-state index contributed by atoms with van der Waals surface area (Å²) in [4.78, 5) is 41.3. The molecule has 0 rings (SSSR count). The van der Waals surface area contributed by atoms with Crippen LogP contribution in [0.15, 0.2) is 12.2 Å². The summed E-state index contributed by atoms with van der Waals surface area (Å²) in [7, 11) is -4.55. The van der Waals surface area contributed by atoms with Crippen molar-refractivity contribution in [3.05, 3.63) is 12.2 Å². The minimum atomic E-state index is -4.55. The van der Waals surface area contributed by atoms with Gasteiger partial charge in [0.15, 0.2) is 0 Å². The van der Waals surface area contributed by atoms with Crippen molar-refractivity contribution >= 4 is 19.5 Å². The van der Waals surface area contributed by atoms with Crippen LogP contribution < -0.4 is 0 Å². The zero-order chi connectivity index (χ0) is 18.8. The Morgan fingerprint density at radius 1 is 1.12 bits per heavy atom. The summed E-state index contributed by atoms with van der Waals surface area (Å²) in [5.74, 6) is -3.57. The van der Waals surface area contributed by atoms with Crippen LogP contribution in [0.5, 0.6) is 0 Å². The van der Waals surface area contributed by atoms with Crippen LogP contribution in [-0.4, -0.2) is 39.1 Å². The Bertz CT molecular complexity index is 469. The molecule has 7 nitrogen and oxygen atoms in total. The molecule has 0 spiro atoms. The second-order valence-corrected chi connectivity index (χ2v) is 7.77. The van der Waals surface area contributed by atoms with Crippen molar-refractivity contribution in [2.75, 3.05) is 6.16 Å². The zero-order valence-corrected chi connectivity index (χ0v) is 15.3. The van der Waals surface area contributed by atoms with Crippen molar-refractivity contribution in [2.24, 2.45) is 5.92 Å². The predicted octanol–water partition coefficient (Wildman–Crippen LogP) is 3.10. The standard InChI is InChI=1S/C16H29O7P/c1-4-5-6-7-8-9-10-14(23-16(19)12(2)3)13(15(17)18)11-24(20,21)22/h13-14H,2,4-11H2,1,3H3,(H,17,18)(H2,20,21,22). The van der Waals surface area contributed by atoms with E-state index in [0.717, 1.165) is 32.1 Å². The van der Waals surface area contributed by atoms with Gasteiger partial charge in [-0.1, -0.05) is 45.6 Å². The molecule has 24 heavy (non-hydrogen) atoms. The van der Waals surface area contributed by atoms with Crippen LogP contribution >= 0.6 is 7.60 Å². The summed E-state index contributed by atoms with van der Waals surface area (Å²) in [6, 6.07) is 0. The van der Waals surface area contributed by atoms with E-state index in [4.69, 9.17) is 14.5 Å². The first-order valence-corrected chi connectivity index (χ1v) is 10.0. The molecule has 0 aromatic rings. The van der Waals surface area contributed by atoms with E-state index in [1.54, 1.807) is 0 Å². The predicted molar refractivity (Wildman–Crippen MR) is 90.7 cm³/mol. The fourth-order valence-electron chi connectivity index (χ4n) is 2.32. The lowest BCUT2D eigenvalue weighted by Crippen LogP contribution is -2.35. The number of rotatable bonds is 13. The first-order valence-electron chi connectivity index (χ1n) is 8.22. The van der Waals surface area contributed by atoms with Gasteiger partial charge in [-0.2, -0.15) is 0 Å². The summed E-state index contributed by atoms with van der Waals surface area (Å²) in [5, 5.41) is 9.27. The SMILES string of the molecule is C=C(C)C(=O)OC(CCCCCCCC)C(CP(=O)(O)O)C(=O)O. The topological polar surface area (TPSA) is 121 Å². The number of carboxylic acids is 1. The van der Waals surface area contributed by atoms with E-state index >= 15 is 0 Å². The van der Waals surface area contributed by atoms with Crippen molar-refractivity contribution in [2.45, 2.75) is 64.9 Å². The van der Waals surface area contributed by atoms with Crippen LogP contribution in [-0.2, 0) is 18.9 Å². The molecule has 3 N–H and O–H groups in total. The minimum absolute atomic E-state index is 0.114. The lowest BCUT2D eigenvalue weighted by Gasteiger charge is -2.24. The van der Waals surface area contributed by atoms with Gasteiger partial charge in [-0.3, -0.25) is 9.36 Å².